The number of carbonyl (C=O) groups is 2. The molecule has 0 bridgehead atoms. The van der Waals surface area contributed by atoms with Crippen LogP contribution < -0.4 is 4.74 Å². The fraction of sp³-hybridized carbons (Fsp3) is 0.458. The monoisotopic (exact) mass is 398 g/mol. The molecule has 0 radical (unpaired) electrons. The summed E-state index contributed by atoms with van der Waals surface area (Å²) in [5.74, 6) is 0.929. The van der Waals surface area contributed by atoms with Gasteiger partial charge in [0.05, 0.1) is 7.11 Å². The van der Waals surface area contributed by atoms with Gasteiger partial charge >= 0.3 is 5.97 Å². The number of allylic oxidation sites excluding steroid dienone is 2. The van der Waals surface area contributed by atoms with Gasteiger partial charge in [-0.1, -0.05) is 37.3 Å². The number of ether oxygens (including phenoxy) is 2. The number of rotatable bonds is 10. The summed E-state index contributed by atoms with van der Waals surface area (Å²) < 4.78 is 10.2. The molecule has 1 N–H and O–H groups in total. The number of aliphatic hydroxyl groups excluding tert-OH is 1. The van der Waals surface area contributed by atoms with Crippen molar-refractivity contribution in [1.29, 1.82) is 0 Å². The van der Waals surface area contributed by atoms with E-state index in [-0.39, 0.29) is 36.1 Å². The van der Waals surface area contributed by atoms with Gasteiger partial charge in [0.15, 0.2) is 0 Å². The first kappa shape index (κ1) is 22.7. The van der Waals surface area contributed by atoms with E-state index in [9.17, 15) is 14.7 Å². The zero-order valence-corrected chi connectivity index (χ0v) is 17.1. The number of methoxy groups -OCH3 is 1. The maximum atomic E-state index is 12.4. The van der Waals surface area contributed by atoms with Gasteiger partial charge in [0.25, 0.3) is 0 Å². The number of benzene rings is 1. The van der Waals surface area contributed by atoms with Gasteiger partial charge < -0.3 is 14.6 Å². The van der Waals surface area contributed by atoms with Gasteiger partial charge in [-0.25, -0.2) is 0 Å². The fourth-order valence-electron chi connectivity index (χ4n) is 3.49. The number of esters is 1. The lowest BCUT2D eigenvalue weighted by atomic mass is 9.87. The molecule has 0 spiro atoms. The summed E-state index contributed by atoms with van der Waals surface area (Å²) >= 11 is 0. The molecule has 1 fully saturated rings. The van der Waals surface area contributed by atoms with E-state index >= 15 is 0 Å². The number of carbonyl (C=O) groups excluding carboxylic acids is 2. The highest BCUT2D eigenvalue weighted by Crippen LogP contribution is 2.37. The summed E-state index contributed by atoms with van der Waals surface area (Å²) in [6, 6.07) is 9.35. The molecule has 1 aromatic rings. The molecule has 156 valence electrons. The van der Waals surface area contributed by atoms with Crippen LogP contribution in [0.4, 0.5) is 0 Å². The molecule has 2 rings (SSSR count). The maximum absolute atomic E-state index is 12.4. The molecule has 1 saturated carbocycles. The Hall–Kier alpha value is -2.62. The molecule has 1 aromatic carbocycles. The Bertz CT molecular complexity index is 746. The molecular formula is C24H30O5. The highest BCUT2D eigenvalue weighted by Gasteiger charge is 2.37. The number of aliphatic hydroxyl groups is 1. The standard InChI is InChI=1S/C24H30O5/c1-18-16-23(26)22(12-8-3-4-9-13-24(27)28-2)21(18)15-14-19(25)17-29-20-10-6-5-7-11-20/h4-8,10-11,14-15,18-19,21-22,25H,9,12-13,16-17H2,1-2H3/b15-14+/t3?,18-,19-,21+,22-/m1/s1. The van der Waals surface area contributed by atoms with Crippen LogP contribution >= 0.6 is 0 Å². The van der Waals surface area contributed by atoms with Crippen molar-refractivity contribution in [1.82, 2.24) is 0 Å². The van der Waals surface area contributed by atoms with Crippen molar-refractivity contribution in [3.8, 4) is 5.75 Å². The Balaban J connectivity index is 1.86. The van der Waals surface area contributed by atoms with Crippen molar-refractivity contribution in [2.45, 2.75) is 38.7 Å². The molecule has 0 aliphatic heterocycles. The number of ketones is 1. The van der Waals surface area contributed by atoms with E-state index in [0.29, 0.717) is 31.4 Å². The van der Waals surface area contributed by atoms with E-state index in [1.807, 2.05) is 42.5 Å². The quantitative estimate of drug-likeness (QED) is 0.368. The molecule has 0 saturated heterocycles. The minimum absolute atomic E-state index is 0.0852. The van der Waals surface area contributed by atoms with Crippen molar-refractivity contribution in [2.24, 2.45) is 17.8 Å². The largest absolute Gasteiger partial charge is 0.491 e. The Morgan fingerprint density at radius 1 is 1.31 bits per heavy atom. The first-order chi connectivity index (χ1) is 14.0. The second-order valence-electron chi connectivity index (χ2n) is 7.33. The molecule has 5 nitrogen and oxygen atoms in total. The van der Waals surface area contributed by atoms with Gasteiger partial charge in [-0.2, -0.15) is 0 Å². The summed E-state index contributed by atoms with van der Waals surface area (Å²) in [5.41, 5.74) is 3.05. The third-order valence-electron chi connectivity index (χ3n) is 5.11. The van der Waals surface area contributed by atoms with Crippen molar-refractivity contribution in [3.05, 3.63) is 60.4 Å². The minimum atomic E-state index is -0.729. The van der Waals surface area contributed by atoms with Crippen LogP contribution in [0.2, 0.25) is 0 Å². The normalized spacial score (nSPS) is 22.2. The van der Waals surface area contributed by atoms with Crippen LogP contribution in [-0.4, -0.2) is 36.7 Å². The van der Waals surface area contributed by atoms with Crippen LogP contribution in [0.5, 0.6) is 5.75 Å². The molecule has 0 amide bonds. The Morgan fingerprint density at radius 2 is 2.07 bits per heavy atom. The van der Waals surface area contributed by atoms with E-state index in [1.165, 1.54) is 7.11 Å². The zero-order valence-electron chi connectivity index (χ0n) is 17.1. The summed E-state index contributed by atoms with van der Waals surface area (Å²) in [4.78, 5) is 23.4. The van der Waals surface area contributed by atoms with Crippen LogP contribution in [0.25, 0.3) is 0 Å². The molecule has 5 heteroatoms. The van der Waals surface area contributed by atoms with Gasteiger partial charge in [-0.05, 0) is 49.0 Å². The Kier molecular flexibility index (Phi) is 9.42. The van der Waals surface area contributed by atoms with Gasteiger partial charge in [-0.3, -0.25) is 9.59 Å². The van der Waals surface area contributed by atoms with Crippen molar-refractivity contribution >= 4 is 11.8 Å². The zero-order chi connectivity index (χ0) is 21.1. The van der Waals surface area contributed by atoms with Gasteiger partial charge in [0, 0.05) is 18.8 Å². The lowest BCUT2D eigenvalue weighted by Gasteiger charge is -2.17. The number of Topliss-reactive ketones (excluding diaryl/α,β-unsaturated/α-hetero) is 1. The third-order valence-corrected chi connectivity index (χ3v) is 5.11. The lowest BCUT2D eigenvalue weighted by Crippen LogP contribution is -2.18. The van der Waals surface area contributed by atoms with E-state index in [4.69, 9.17) is 4.74 Å². The van der Waals surface area contributed by atoms with E-state index in [1.54, 1.807) is 12.2 Å². The molecule has 0 heterocycles. The smallest absolute Gasteiger partial charge is 0.305 e. The lowest BCUT2D eigenvalue weighted by molar-refractivity contribution is -0.140. The minimum Gasteiger partial charge on any atom is -0.491 e. The maximum Gasteiger partial charge on any atom is 0.305 e. The molecule has 0 unspecified atom stereocenters. The van der Waals surface area contributed by atoms with Crippen molar-refractivity contribution in [3.63, 3.8) is 0 Å². The average Bonchev–Trinajstić information content (AvgIpc) is 3.00. The summed E-state index contributed by atoms with van der Waals surface area (Å²) in [7, 11) is 1.37. The van der Waals surface area contributed by atoms with Crippen LogP contribution in [0.3, 0.4) is 0 Å². The fourth-order valence-corrected chi connectivity index (χ4v) is 3.49. The summed E-state index contributed by atoms with van der Waals surface area (Å²) in [6.45, 7) is 2.23. The van der Waals surface area contributed by atoms with Crippen LogP contribution in [0.1, 0.15) is 32.6 Å². The SMILES string of the molecule is COC(=O)CCC=C=CC[C@H]1C(=O)C[C@@H](C)[C@@H]1/C=C/[C@@H](O)COc1ccccc1. The topological polar surface area (TPSA) is 72.8 Å². The highest BCUT2D eigenvalue weighted by molar-refractivity contribution is 5.84. The molecule has 0 aromatic heterocycles. The first-order valence-corrected chi connectivity index (χ1v) is 10.0. The Morgan fingerprint density at radius 3 is 2.79 bits per heavy atom. The number of hydrogen-bond acceptors (Lipinski definition) is 5. The predicted molar refractivity (Wildman–Crippen MR) is 111 cm³/mol. The van der Waals surface area contributed by atoms with Crippen molar-refractivity contribution in [2.75, 3.05) is 13.7 Å². The van der Waals surface area contributed by atoms with E-state index in [2.05, 4.69) is 17.4 Å². The second kappa shape index (κ2) is 12.1. The van der Waals surface area contributed by atoms with E-state index < -0.39 is 6.10 Å². The highest BCUT2D eigenvalue weighted by atomic mass is 16.5. The average molecular weight is 398 g/mol. The molecule has 4 atom stereocenters. The van der Waals surface area contributed by atoms with Gasteiger partial charge in [0.2, 0.25) is 0 Å². The first-order valence-electron chi connectivity index (χ1n) is 10.0. The molecule has 1 aliphatic rings. The number of hydrogen-bond donors (Lipinski definition) is 1. The van der Waals surface area contributed by atoms with Gasteiger partial charge in [-0.15, -0.1) is 5.73 Å². The van der Waals surface area contributed by atoms with Gasteiger partial charge in [0.1, 0.15) is 24.2 Å². The molecule has 29 heavy (non-hydrogen) atoms. The summed E-state index contributed by atoms with van der Waals surface area (Å²) in [6.07, 6.45) is 8.63. The third kappa shape index (κ3) is 7.72. The van der Waals surface area contributed by atoms with E-state index in [0.717, 1.165) is 0 Å². The Labute approximate surface area is 172 Å². The molecular weight excluding hydrogens is 368 g/mol. The number of para-hydroxylation sites is 1. The van der Waals surface area contributed by atoms with Crippen molar-refractivity contribution < 1.29 is 24.2 Å². The summed E-state index contributed by atoms with van der Waals surface area (Å²) in [5, 5.41) is 10.2. The van der Waals surface area contributed by atoms with Crippen LogP contribution in [0.15, 0.2) is 60.4 Å². The second-order valence-corrected chi connectivity index (χ2v) is 7.33. The van der Waals surface area contributed by atoms with Crippen LogP contribution in [0, 0.1) is 17.8 Å². The molecule has 1 aliphatic carbocycles. The van der Waals surface area contributed by atoms with Crippen LogP contribution in [-0.2, 0) is 14.3 Å². The predicted octanol–water partition coefficient (Wildman–Crippen LogP) is 3.88.